The normalized spacial score (nSPS) is 27.4. The number of halogens is 1. The van der Waals surface area contributed by atoms with E-state index in [2.05, 4.69) is 31.7 Å². The van der Waals surface area contributed by atoms with E-state index >= 15 is 0 Å². The van der Waals surface area contributed by atoms with Gasteiger partial charge in [0.15, 0.2) is 29.1 Å². The molecular formula is C19H23ClN6O9P2. The lowest BCUT2D eigenvalue weighted by molar-refractivity contribution is -0.0549. The van der Waals surface area contributed by atoms with Crippen LogP contribution in [0, 0.1) is 0 Å². The molecule has 18 heteroatoms. The van der Waals surface area contributed by atoms with Crippen molar-refractivity contribution < 1.29 is 43.3 Å². The Kier molecular flexibility index (Phi) is 7.13. The Balaban J connectivity index is 1.37. The number of ether oxygens (including phenoxy) is 1. The molecule has 15 nitrogen and oxygen atoms in total. The summed E-state index contributed by atoms with van der Waals surface area (Å²) in [6.45, 7) is -0.737. The fraction of sp³-hybridized carbons (Fsp3) is 0.474. The lowest BCUT2D eigenvalue weighted by Crippen LogP contribution is -2.33. The molecule has 200 valence electrons. The van der Waals surface area contributed by atoms with Gasteiger partial charge < -0.3 is 39.5 Å². The average Bonchev–Trinajstić information content (AvgIpc) is 3.48. The number of aliphatic hydroxyl groups is 2. The molecule has 2 aromatic heterocycles. The molecule has 0 spiro atoms. The van der Waals surface area contributed by atoms with E-state index in [9.17, 15) is 24.2 Å². The third kappa shape index (κ3) is 5.57. The largest absolute Gasteiger partial charge is 0.387 e. The first-order valence-corrected chi connectivity index (χ1v) is 15.0. The highest BCUT2D eigenvalue weighted by Crippen LogP contribution is 2.55. The Hall–Kier alpha value is -2.03. The van der Waals surface area contributed by atoms with Crippen molar-refractivity contribution in [1.82, 2.24) is 25.0 Å². The highest BCUT2D eigenvalue weighted by Gasteiger charge is 2.46. The van der Waals surface area contributed by atoms with Crippen LogP contribution >= 0.6 is 26.8 Å². The predicted octanol–water partition coefficient (Wildman–Crippen LogP) is 0.930. The summed E-state index contributed by atoms with van der Waals surface area (Å²) >= 11 is 6.17. The van der Waals surface area contributed by atoms with Gasteiger partial charge in [-0.1, -0.05) is 29.5 Å². The molecule has 37 heavy (non-hydrogen) atoms. The van der Waals surface area contributed by atoms with E-state index in [0.717, 1.165) is 23.1 Å². The number of anilines is 1. The molecule has 5 rings (SSSR count). The Morgan fingerprint density at radius 3 is 2.68 bits per heavy atom. The molecule has 0 radical (unpaired) electrons. The zero-order chi connectivity index (χ0) is 26.5. The molecule has 3 aromatic rings. The van der Waals surface area contributed by atoms with Crippen LogP contribution < -0.4 is 5.32 Å². The molecule has 6 N–H and O–H groups in total. The third-order valence-electron chi connectivity index (χ3n) is 6.12. The molecule has 1 aromatic carbocycles. The number of hydrogen-bond donors (Lipinski definition) is 6. The molecule has 1 saturated heterocycles. The Morgan fingerprint density at radius 2 is 1.92 bits per heavy atom. The first kappa shape index (κ1) is 26.6. The fourth-order valence-electron chi connectivity index (χ4n) is 4.48. The van der Waals surface area contributed by atoms with Crippen molar-refractivity contribution in [2.24, 2.45) is 0 Å². The van der Waals surface area contributed by atoms with Crippen LogP contribution in [0.3, 0.4) is 0 Å². The summed E-state index contributed by atoms with van der Waals surface area (Å²) in [7, 11) is -9.54. The Labute approximate surface area is 214 Å². The number of nitrogens with one attached hydrogen (secondary N) is 1. The number of hydrogen-bond acceptors (Lipinski definition) is 11. The lowest BCUT2D eigenvalue weighted by atomic mass is 10.1. The van der Waals surface area contributed by atoms with Gasteiger partial charge in [0.25, 0.3) is 0 Å². The van der Waals surface area contributed by atoms with Crippen molar-refractivity contribution in [1.29, 1.82) is 0 Å². The lowest BCUT2D eigenvalue weighted by Gasteiger charge is -2.18. The second kappa shape index (κ2) is 9.93. The second-order valence-electron chi connectivity index (χ2n) is 8.77. The maximum absolute atomic E-state index is 11.9. The quantitative estimate of drug-likeness (QED) is 0.162. The molecule has 6 atom stereocenters. The Morgan fingerprint density at radius 1 is 1.16 bits per heavy atom. The minimum atomic E-state index is -4.84. The zero-order valence-corrected chi connectivity index (χ0v) is 21.4. The SMILES string of the molecule is O=P(O)(O)CP(=O)(O)OC[C@H]1OC(n2nnc3c(N[C@@H]4CCc5ccccc54)nc(Cl)nc32)[C@H](O)[C@@H]1O. The molecule has 0 amide bonds. The smallest absolute Gasteiger partial charge is 0.340 e. The number of rotatable bonds is 8. The fourth-order valence-corrected chi connectivity index (χ4v) is 7.21. The van der Waals surface area contributed by atoms with Crippen LogP contribution in [0.25, 0.3) is 11.2 Å². The van der Waals surface area contributed by atoms with Crippen molar-refractivity contribution in [3.05, 3.63) is 40.7 Å². The summed E-state index contributed by atoms with van der Waals surface area (Å²) in [6, 6.07) is 7.96. The zero-order valence-electron chi connectivity index (χ0n) is 18.9. The van der Waals surface area contributed by atoms with Gasteiger partial charge in [0.05, 0.1) is 12.6 Å². The predicted molar refractivity (Wildman–Crippen MR) is 128 cm³/mol. The molecule has 1 fully saturated rings. The highest BCUT2D eigenvalue weighted by molar-refractivity contribution is 7.70. The van der Waals surface area contributed by atoms with Crippen molar-refractivity contribution in [3.63, 3.8) is 0 Å². The van der Waals surface area contributed by atoms with Crippen LogP contribution in [0.15, 0.2) is 24.3 Å². The first-order valence-electron chi connectivity index (χ1n) is 11.1. The minimum absolute atomic E-state index is 0.0468. The maximum Gasteiger partial charge on any atom is 0.340 e. The number of aryl methyl sites for hydroxylation is 1. The van der Waals surface area contributed by atoms with Crippen LogP contribution in [0.2, 0.25) is 5.28 Å². The van der Waals surface area contributed by atoms with Crippen LogP contribution in [0.4, 0.5) is 5.82 Å². The van der Waals surface area contributed by atoms with E-state index in [4.69, 9.17) is 30.6 Å². The van der Waals surface area contributed by atoms with E-state index in [-0.39, 0.29) is 22.5 Å². The topological polar surface area (TPSA) is 222 Å². The van der Waals surface area contributed by atoms with Crippen LogP contribution in [0.5, 0.6) is 0 Å². The summed E-state index contributed by atoms with van der Waals surface area (Å²) in [5, 5.41) is 32.3. The number of nitrogens with zero attached hydrogens (tertiary/aromatic N) is 5. The van der Waals surface area contributed by atoms with Crippen molar-refractivity contribution in [3.8, 4) is 0 Å². The summed E-state index contributed by atoms with van der Waals surface area (Å²) < 4.78 is 34.4. The van der Waals surface area contributed by atoms with Gasteiger partial charge in [0.2, 0.25) is 5.28 Å². The first-order chi connectivity index (χ1) is 17.4. The second-order valence-corrected chi connectivity index (χ2v) is 13.1. The number of aliphatic hydroxyl groups excluding tert-OH is 2. The number of fused-ring (bicyclic) bond motifs is 2. The summed E-state index contributed by atoms with van der Waals surface area (Å²) in [5.74, 6) is -1.09. The van der Waals surface area contributed by atoms with Gasteiger partial charge in [0.1, 0.15) is 18.3 Å². The summed E-state index contributed by atoms with van der Waals surface area (Å²) in [4.78, 5) is 35.9. The standard InChI is InChI=1S/C19H23ClN6O9P2/c20-19-22-16(21-11-6-5-9-3-1-2-4-10(9)11)13-17(23-19)26(25-24-13)18-15(28)14(27)12(35-18)7-34-37(32,33)8-36(29,30)31/h1-4,11-12,14-15,18,27-28H,5-8H2,(H,32,33)(H,21,22,23)(H2,29,30,31)/t11-,12-,14-,15-,18?/m1/s1. The highest BCUT2D eigenvalue weighted by atomic mass is 35.5. The molecule has 0 saturated carbocycles. The van der Waals surface area contributed by atoms with E-state index in [0.29, 0.717) is 5.82 Å². The van der Waals surface area contributed by atoms with E-state index in [1.54, 1.807) is 0 Å². The molecule has 2 aliphatic rings. The van der Waals surface area contributed by atoms with Gasteiger partial charge in [-0.2, -0.15) is 14.6 Å². The molecule has 1 aliphatic carbocycles. The molecule has 2 unspecified atom stereocenters. The van der Waals surface area contributed by atoms with Gasteiger partial charge in [-0.05, 0) is 35.6 Å². The van der Waals surface area contributed by atoms with Gasteiger partial charge in [-0.25, -0.2) is 0 Å². The molecule has 1 aliphatic heterocycles. The maximum atomic E-state index is 11.9. The number of benzene rings is 1. The van der Waals surface area contributed by atoms with Crippen LogP contribution in [0.1, 0.15) is 29.8 Å². The third-order valence-corrected chi connectivity index (χ3v) is 9.75. The average molecular weight is 577 g/mol. The van der Waals surface area contributed by atoms with Crippen molar-refractivity contribution in [2.45, 2.75) is 43.4 Å². The van der Waals surface area contributed by atoms with Gasteiger partial charge >= 0.3 is 15.2 Å². The van der Waals surface area contributed by atoms with Crippen molar-refractivity contribution >= 4 is 43.8 Å². The number of aromatic nitrogens is 5. The van der Waals surface area contributed by atoms with Gasteiger partial charge in [0, 0.05) is 0 Å². The van der Waals surface area contributed by atoms with Crippen molar-refractivity contribution in [2.75, 3.05) is 17.8 Å². The molecule has 3 heterocycles. The van der Waals surface area contributed by atoms with E-state index in [1.807, 2.05) is 18.2 Å². The van der Waals surface area contributed by atoms with Crippen LogP contribution in [-0.2, 0) is 24.8 Å². The summed E-state index contributed by atoms with van der Waals surface area (Å²) in [6.07, 6.45) is -4.12. The van der Waals surface area contributed by atoms with Crippen LogP contribution in [-0.4, -0.2) is 80.7 Å². The molecular weight excluding hydrogens is 554 g/mol. The summed E-state index contributed by atoms with van der Waals surface area (Å²) in [5.41, 5.74) is 2.68. The van der Waals surface area contributed by atoms with Gasteiger partial charge in [-0.15, -0.1) is 5.10 Å². The monoisotopic (exact) mass is 576 g/mol. The Bertz CT molecular complexity index is 1420. The molecule has 0 bridgehead atoms. The van der Waals surface area contributed by atoms with E-state index in [1.165, 1.54) is 5.56 Å². The van der Waals surface area contributed by atoms with E-state index < -0.39 is 52.2 Å². The minimum Gasteiger partial charge on any atom is -0.387 e. The van der Waals surface area contributed by atoms with Gasteiger partial charge in [-0.3, -0.25) is 9.13 Å².